The number of nitrogens with zero attached hydrogens (tertiary/aromatic N) is 1. The van der Waals surface area contributed by atoms with Gasteiger partial charge in [-0.05, 0) is 26.4 Å². The maximum atomic E-state index is 11.8. The minimum absolute atomic E-state index is 0.106. The molecule has 0 saturated heterocycles. The fraction of sp³-hybridized carbons (Fsp3) is 0.929. The van der Waals surface area contributed by atoms with Gasteiger partial charge in [0.2, 0.25) is 0 Å². The Morgan fingerprint density at radius 2 is 1.89 bits per heavy atom. The molecular formula is C14H30N2O2. The van der Waals surface area contributed by atoms with Crippen LogP contribution in [0.3, 0.4) is 0 Å². The van der Waals surface area contributed by atoms with E-state index in [4.69, 9.17) is 4.74 Å². The van der Waals surface area contributed by atoms with Gasteiger partial charge in [0.15, 0.2) is 0 Å². The first-order valence-electron chi connectivity index (χ1n) is 7.31. The van der Waals surface area contributed by atoms with E-state index >= 15 is 0 Å². The Morgan fingerprint density at radius 3 is 2.39 bits per heavy atom. The first-order chi connectivity index (χ1) is 8.69. The quantitative estimate of drug-likeness (QED) is 0.576. The number of rotatable bonds is 11. The normalized spacial score (nSPS) is 12.7. The molecule has 1 N–H and O–H groups in total. The number of carbonyl (C=O) groups is 1. The van der Waals surface area contributed by atoms with Crippen LogP contribution in [0.1, 0.15) is 47.0 Å². The van der Waals surface area contributed by atoms with Gasteiger partial charge in [0, 0.05) is 13.1 Å². The standard InChI is InChI=1S/C14H30N2O2/c1-5-9-10-13(14(17)18-8-4)15-11-12-16(6-2)7-3/h13,15H,5-12H2,1-4H3. The lowest BCUT2D eigenvalue weighted by Gasteiger charge is -2.21. The van der Waals surface area contributed by atoms with Gasteiger partial charge in [-0.25, -0.2) is 0 Å². The molecule has 4 heteroatoms. The van der Waals surface area contributed by atoms with Crippen molar-refractivity contribution in [3.8, 4) is 0 Å². The topological polar surface area (TPSA) is 41.6 Å². The number of likely N-dealkylation sites (N-methyl/N-ethyl adjacent to an activating group) is 1. The maximum absolute atomic E-state index is 11.8. The van der Waals surface area contributed by atoms with Crippen LogP contribution in [0.5, 0.6) is 0 Å². The summed E-state index contributed by atoms with van der Waals surface area (Å²) in [7, 11) is 0. The van der Waals surface area contributed by atoms with E-state index in [1.165, 1.54) is 0 Å². The molecule has 0 aliphatic rings. The molecule has 0 aliphatic heterocycles. The van der Waals surface area contributed by atoms with Crippen LogP contribution in [0, 0.1) is 0 Å². The smallest absolute Gasteiger partial charge is 0.323 e. The molecule has 4 nitrogen and oxygen atoms in total. The minimum Gasteiger partial charge on any atom is -0.465 e. The van der Waals surface area contributed by atoms with Gasteiger partial charge in [-0.3, -0.25) is 4.79 Å². The molecule has 18 heavy (non-hydrogen) atoms. The highest BCUT2D eigenvalue weighted by Gasteiger charge is 2.18. The summed E-state index contributed by atoms with van der Waals surface area (Å²) in [6, 6.07) is -0.138. The third-order valence-electron chi connectivity index (χ3n) is 3.13. The highest BCUT2D eigenvalue weighted by Crippen LogP contribution is 2.03. The van der Waals surface area contributed by atoms with Crippen molar-refractivity contribution in [1.29, 1.82) is 0 Å². The fourth-order valence-corrected chi connectivity index (χ4v) is 1.89. The maximum Gasteiger partial charge on any atom is 0.323 e. The number of nitrogens with one attached hydrogen (secondary N) is 1. The van der Waals surface area contributed by atoms with Crippen LogP contribution in [0.2, 0.25) is 0 Å². The predicted molar refractivity (Wildman–Crippen MR) is 75.7 cm³/mol. The number of ether oxygens (including phenoxy) is 1. The van der Waals surface area contributed by atoms with Crippen LogP contribution in [0.25, 0.3) is 0 Å². The Labute approximate surface area is 112 Å². The molecule has 0 rings (SSSR count). The van der Waals surface area contributed by atoms with Crippen LogP contribution in [0.15, 0.2) is 0 Å². The molecule has 1 unspecified atom stereocenters. The first kappa shape index (κ1) is 17.4. The molecule has 1 atom stereocenters. The molecule has 0 heterocycles. The predicted octanol–water partition coefficient (Wildman–Crippen LogP) is 2.04. The monoisotopic (exact) mass is 258 g/mol. The van der Waals surface area contributed by atoms with E-state index in [0.717, 1.165) is 45.4 Å². The average molecular weight is 258 g/mol. The van der Waals surface area contributed by atoms with E-state index in [2.05, 4.69) is 31.0 Å². The van der Waals surface area contributed by atoms with Gasteiger partial charge < -0.3 is 15.0 Å². The molecule has 0 spiro atoms. The van der Waals surface area contributed by atoms with Crippen LogP contribution < -0.4 is 5.32 Å². The van der Waals surface area contributed by atoms with Gasteiger partial charge in [0.1, 0.15) is 6.04 Å². The van der Waals surface area contributed by atoms with Crippen molar-refractivity contribution in [2.24, 2.45) is 0 Å². The van der Waals surface area contributed by atoms with E-state index < -0.39 is 0 Å². The van der Waals surface area contributed by atoms with Crippen molar-refractivity contribution in [3.05, 3.63) is 0 Å². The lowest BCUT2D eigenvalue weighted by molar-refractivity contribution is -0.145. The van der Waals surface area contributed by atoms with Crippen LogP contribution in [-0.2, 0) is 9.53 Å². The lowest BCUT2D eigenvalue weighted by Crippen LogP contribution is -2.42. The molecule has 108 valence electrons. The molecule has 0 bridgehead atoms. The molecule has 0 amide bonds. The van der Waals surface area contributed by atoms with Gasteiger partial charge in [-0.1, -0.05) is 33.6 Å². The molecule has 0 aromatic heterocycles. The lowest BCUT2D eigenvalue weighted by atomic mass is 10.1. The SMILES string of the molecule is CCCCC(NCCN(CC)CC)C(=O)OCC. The number of carbonyl (C=O) groups excluding carboxylic acids is 1. The summed E-state index contributed by atoms with van der Waals surface area (Å²) in [5.74, 6) is -0.106. The van der Waals surface area contributed by atoms with E-state index in [1.807, 2.05) is 6.92 Å². The number of hydrogen-bond acceptors (Lipinski definition) is 4. The summed E-state index contributed by atoms with van der Waals surface area (Å²) in [5.41, 5.74) is 0. The molecule has 0 radical (unpaired) electrons. The molecule has 0 aromatic rings. The van der Waals surface area contributed by atoms with Crippen molar-refractivity contribution < 1.29 is 9.53 Å². The van der Waals surface area contributed by atoms with Crippen molar-refractivity contribution >= 4 is 5.97 Å². The Balaban J connectivity index is 4.03. The highest BCUT2D eigenvalue weighted by atomic mass is 16.5. The third kappa shape index (κ3) is 7.67. The second-order valence-electron chi connectivity index (χ2n) is 4.43. The largest absolute Gasteiger partial charge is 0.465 e. The van der Waals surface area contributed by atoms with Crippen molar-refractivity contribution in [1.82, 2.24) is 10.2 Å². The Morgan fingerprint density at radius 1 is 1.22 bits per heavy atom. The fourth-order valence-electron chi connectivity index (χ4n) is 1.89. The van der Waals surface area contributed by atoms with Gasteiger partial charge in [0.25, 0.3) is 0 Å². The van der Waals surface area contributed by atoms with Crippen molar-refractivity contribution in [2.75, 3.05) is 32.8 Å². The van der Waals surface area contributed by atoms with Gasteiger partial charge in [-0.15, -0.1) is 0 Å². The van der Waals surface area contributed by atoms with Gasteiger partial charge in [-0.2, -0.15) is 0 Å². The second-order valence-corrected chi connectivity index (χ2v) is 4.43. The summed E-state index contributed by atoms with van der Waals surface area (Å²) >= 11 is 0. The van der Waals surface area contributed by atoms with Gasteiger partial charge in [0.05, 0.1) is 6.61 Å². The summed E-state index contributed by atoms with van der Waals surface area (Å²) in [4.78, 5) is 14.1. The Kier molecular flexibility index (Phi) is 11.1. The van der Waals surface area contributed by atoms with E-state index in [0.29, 0.717) is 6.61 Å². The minimum atomic E-state index is -0.138. The zero-order valence-electron chi connectivity index (χ0n) is 12.5. The van der Waals surface area contributed by atoms with E-state index in [9.17, 15) is 4.79 Å². The first-order valence-corrected chi connectivity index (χ1v) is 7.31. The average Bonchev–Trinajstić information content (AvgIpc) is 2.38. The summed E-state index contributed by atoms with van der Waals surface area (Å²) < 4.78 is 5.10. The van der Waals surface area contributed by atoms with E-state index in [1.54, 1.807) is 0 Å². The summed E-state index contributed by atoms with van der Waals surface area (Å²) in [6.07, 6.45) is 3.03. The molecular weight excluding hydrogens is 228 g/mol. The zero-order valence-corrected chi connectivity index (χ0v) is 12.5. The second kappa shape index (κ2) is 11.5. The van der Waals surface area contributed by atoms with Crippen molar-refractivity contribution in [3.63, 3.8) is 0 Å². The Bertz CT molecular complexity index is 206. The van der Waals surface area contributed by atoms with E-state index in [-0.39, 0.29) is 12.0 Å². The number of esters is 1. The van der Waals surface area contributed by atoms with Crippen LogP contribution in [-0.4, -0.2) is 49.7 Å². The van der Waals surface area contributed by atoms with Crippen molar-refractivity contribution in [2.45, 2.75) is 53.0 Å². The zero-order chi connectivity index (χ0) is 13.8. The summed E-state index contributed by atoms with van der Waals surface area (Å²) in [6.45, 7) is 12.7. The number of hydrogen-bond donors (Lipinski definition) is 1. The summed E-state index contributed by atoms with van der Waals surface area (Å²) in [5, 5.41) is 3.32. The number of unbranched alkanes of at least 4 members (excludes halogenated alkanes) is 1. The molecule has 0 fully saturated rings. The highest BCUT2D eigenvalue weighted by molar-refractivity contribution is 5.75. The van der Waals surface area contributed by atoms with Crippen LogP contribution >= 0.6 is 0 Å². The van der Waals surface area contributed by atoms with Crippen LogP contribution in [0.4, 0.5) is 0 Å². The molecule has 0 aromatic carbocycles. The van der Waals surface area contributed by atoms with Gasteiger partial charge >= 0.3 is 5.97 Å². The molecule has 0 aliphatic carbocycles. The molecule has 0 saturated carbocycles. The third-order valence-corrected chi connectivity index (χ3v) is 3.13. The Hall–Kier alpha value is -0.610.